The van der Waals surface area contributed by atoms with Crippen LogP contribution in [0, 0.1) is 25.1 Å². The molecule has 2 N–H and O–H groups in total. The Kier molecular flexibility index (Phi) is 1.93. The van der Waals surface area contributed by atoms with E-state index < -0.39 is 25.1 Å². The first-order valence-corrected chi connectivity index (χ1v) is 10.6. The van der Waals surface area contributed by atoms with Crippen LogP contribution in [0.4, 0.5) is 12.6 Å². The quantitative estimate of drug-likeness (QED) is 0.582. The molecule has 0 radical (unpaired) electrons. The van der Waals surface area contributed by atoms with E-state index in [2.05, 4.69) is 0 Å². The Morgan fingerprint density at radius 1 is 0.625 bits per heavy atom. The Bertz CT molecular complexity index is 67.1. The predicted molar refractivity (Wildman–Crippen MR) is 10.3 cm³/mol. The summed E-state index contributed by atoms with van der Waals surface area (Å²) in [6.45, 7) is 0. The molecule has 54 valence electrons. The van der Waals surface area contributed by atoms with Gasteiger partial charge in [-0.3, -0.25) is 0 Å². The third-order valence-electron chi connectivity index (χ3n) is 0. The zero-order chi connectivity index (χ0) is 6.41. The first-order valence-electron chi connectivity index (χ1n) is 1.13. The van der Waals surface area contributed by atoms with Crippen LogP contribution in [-0.4, -0.2) is 5.48 Å². The molecular weight excluding hydrogens is 368 g/mol. The van der Waals surface area contributed by atoms with Gasteiger partial charge in [-0.15, -0.1) is 0 Å². The standard InChI is InChI=1S/6FH.H2O.U/h6*1H;1H2;/q;;;;;;;+6/p-6. The van der Waals surface area contributed by atoms with Crippen LogP contribution in [0.25, 0.3) is 0 Å². The van der Waals surface area contributed by atoms with Crippen LogP contribution in [-0.2, 0) is 0 Å². The van der Waals surface area contributed by atoms with Crippen molar-refractivity contribution >= 4 is 0 Å². The zero-order valence-corrected chi connectivity index (χ0v) is 7.43. The maximum absolute atomic E-state index is 11.4. The predicted octanol–water partition coefficient (Wildman–Crippen LogP) is 1.70. The molecule has 1 nitrogen and oxygen atoms in total. The molecule has 8 heteroatoms. The van der Waals surface area contributed by atoms with Gasteiger partial charge < -0.3 is 5.48 Å². The van der Waals surface area contributed by atoms with Gasteiger partial charge in [-0.25, -0.2) is 0 Å². The summed E-state index contributed by atoms with van der Waals surface area (Å²) in [6.07, 6.45) is 0. The summed E-state index contributed by atoms with van der Waals surface area (Å²) in [4.78, 5) is 0. The van der Waals surface area contributed by atoms with Crippen molar-refractivity contribution in [1.29, 1.82) is 0 Å². The van der Waals surface area contributed by atoms with E-state index in [0.717, 1.165) is 0 Å². The van der Waals surface area contributed by atoms with Crippen molar-refractivity contribution in [3.05, 3.63) is 0 Å². The van der Waals surface area contributed by atoms with E-state index in [1.807, 2.05) is 0 Å². The average Bonchev–Trinajstić information content (AvgIpc) is 0.592. The van der Waals surface area contributed by atoms with Crippen molar-refractivity contribution in [3.8, 4) is 0 Å². The molecule has 0 rings (SSSR count). The molecule has 0 aromatic rings. The molecular formula is H2F6OU. The fourth-order valence-corrected chi connectivity index (χ4v) is 0. The Balaban J connectivity index is 0. The van der Waals surface area contributed by atoms with Crippen molar-refractivity contribution in [2.24, 2.45) is 0 Å². The van der Waals surface area contributed by atoms with Gasteiger partial charge in [0.1, 0.15) is 0 Å². The molecule has 0 fully saturated rings. The second kappa shape index (κ2) is 1.36. The molecule has 0 aromatic carbocycles. The van der Waals surface area contributed by atoms with Crippen molar-refractivity contribution in [3.63, 3.8) is 0 Å². The van der Waals surface area contributed by atoms with Gasteiger partial charge in [0, 0.05) is 0 Å². The fraction of sp³-hybridized carbons (Fsp3) is 0. The summed E-state index contributed by atoms with van der Waals surface area (Å²) in [5.74, 6) is 0. The van der Waals surface area contributed by atoms with Crippen LogP contribution in [0.2, 0.25) is 0 Å². The van der Waals surface area contributed by atoms with Gasteiger partial charge in [-0.05, 0) is 0 Å². The molecule has 0 aliphatic heterocycles. The Morgan fingerprint density at radius 3 is 0.625 bits per heavy atom. The molecule has 8 heavy (non-hydrogen) atoms. The van der Waals surface area contributed by atoms with Crippen LogP contribution in [0.3, 0.4) is 0 Å². The molecule has 0 aliphatic carbocycles. The summed E-state index contributed by atoms with van der Waals surface area (Å²) in [5, 5.41) is 0. The van der Waals surface area contributed by atoms with Gasteiger partial charge in [-0.1, -0.05) is 0 Å². The van der Waals surface area contributed by atoms with E-state index >= 15 is 0 Å². The minimum atomic E-state index is -11.4. The van der Waals surface area contributed by atoms with Crippen LogP contribution in [0.15, 0.2) is 0 Å². The molecule has 0 amide bonds. The van der Waals surface area contributed by atoms with Crippen molar-refractivity contribution in [1.82, 2.24) is 0 Å². The Labute approximate surface area is 43.4 Å². The van der Waals surface area contributed by atoms with Crippen molar-refractivity contribution < 1.29 is 43.1 Å². The van der Waals surface area contributed by atoms with Crippen molar-refractivity contribution in [2.75, 3.05) is 0 Å². The topological polar surface area (TPSA) is 31.5 Å². The Hall–Kier alpha value is 0.592. The second-order valence-corrected chi connectivity index (χ2v) is 9.99. The van der Waals surface area contributed by atoms with E-state index in [-0.39, 0.29) is 5.48 Å². The first kappa shape index (κ1) is 11.4. The van der Waals surface area contributed by atoms with Gasteiger partial charge >= 0.3 is 37.7 Å². The first-order chi connectivity index (χ1) is 2.45. The van der Waals surface area contributed by atoms with Gasteiger partial charge in [0.2, 0.25) is 0 Å². The second-order valence-electron chi connectivity index (χ2n) is 1.07. The van der Waals surface area contributed by atoms with Gasteiger partial charge in [0.15, 0.2) is 0 Å². The molecule has 0 aliphatic rings. The van der Waals surface area contributed by atoms with Gasteiger partial charge in [0.25, 0.3) is 0 Å². The number of halogens is 6. The van der Waals surface area contributed by atoms with Crippen LogP contribution in [0.1, 0.15) is 0 Å². The van der Waals surface area contributed by atoms with Gasteiger partial charge in [0.05, 0.1) is 0 Å². The number of hydrogen-bond acceptors (Lipinski definition) is 0. The number of hydrogen-bond donors (Lipinski definition) is 0. The fourth-order valence-electron chi connectivity index (χ4n) is 0. The van der Waals surface area contributed by atoms with Crippen molar-refractivity contribution in [2.45, 2.75) is 0 Å². The molecule has 0 heterocycles. The molecule has 0 spiro atoms. The third-order valence-corrected chi connectivity index (χ3v) is 0. The van der Waals surface area contributed by atoms with Gasteiger partial charge in [-0.2, -0.15) is 0 Å². The summed E-state index contributed by atoms with van der Waals surface area (Å²) < 4.78 is 59.7. The van der Waals surface area contributed by atoms with E-state index in [0.29, 0.717) is 0 Å². The summed E-state index contributed by atoms with van der Waals surface area (Å²) in [6, 6.07) is 0. The van der Waals surface area contributed by atoms with E-state index in [1.165, 1.54) is 0 Å². The Morgan fingerprint density at radius 2 is 0.625 bits per heavy atom. The number of rotatable bonds is 0. The zero-order valence-electron chi connectivity index (χ0n) is 3.27. The average molecular weight is 370 g/mol. The van der Waals surface area contributed by atoms with E-state index in [9.17, 15) is 12.6 Å². The molecule has 0 atom stereocenters. The van der Waals surface area contributed by atoms with Crippen LogP contribution < -0.4 is 0 Å². The molecule has 0 saturated heterocycles. The third kappa shape index (κ3) is 588. The minimum absolute atomic E-state index is 0. The van der Waals surface area contributed by atoms with E-state index in [4.69, 9.17) is 0 Å². The van der Waals surface area contributed by atoms with Crippen LogP contribution >= 0.6 is 0 Å². The van der Waals surface area contributed by atoms with Crippen LogP contribution in [0.5, 0.6) is 0 Å². The molecule has 0 saturated carbocycles. The maximum atomic E-state index is 9.94. The summed E-state index contributed by atoms with van der Waals surface area (Å²) in [5.41, 5.74) is 0. The summed E-state index contributed by atoms with van der Waals surface area (Å²) >= 11 is -11.4. The monoisotopic (exact) mass is 370 g/mol. The SMILES string of the molecule is O.[F][U]([F])([F])([F])([F])[F]. The normalized spacial score (nSPS) is 20.2. The molecule has 0 aromatic heterocycles. The van der Waals surface area contributed by atoms with E-state index in [1.54, 1.807) is 0 Å². The summed E-state index contributed by atoms with van der Waals surface area (Å²) in [7, 11) is 0. The molecule has 0 unspecified atom stereocenters. The molecule has 0 bridgehead atoms.